The number of nitrogens with one attached hydrogen (secondary N) is 1. The van der Waals surface area contributed by atoms with E-state index in [0.717, 1.165) is 18.9 Å². The van der Waals surface area contributed by atoms with Crippen molar-refractivity contribution in [3.63, 3.8) is 0 Å². The van der Waals surface area contributed by atoms with Gasteiger partial charge < -0.3 is 5.32 Å². The molecule has 1 atom stereocenters. The van der Waals surface area contributed by atoms with Crippen LogP contribution in [0.2, 0.25) is 0 Å². The van der Waals surface area contributed by atoms with Gasteiger partial charge in [-0.2, -0.15) is 5.26 Å². The zero-order valence-electron chi connectivity index (χ0n) is 9.97. The molecule has 15 heavy (non-hydrogen) atoms. The first kappa shape index (κ1) is 12.5. The second-order valence-electron chi connectivity index (χ2n) is 4.71. The molecule has 0 aliphatic heterocycles. The lowest BCUT2D eigenvalue weighted by Crippen LogP contribution is -2.29. The number of hydrogen-bond acceptors (Lipinski definition) is 2. The van der Waals surface area contributed by atoms with Crippen molar-refractivity contribution in [3.05, 3.63) is 0 Å². The predicted molar refractivity (Wildman–Crippen MR) is 63.5 cm³/mol. The SMILES string of the molecule is CCC(CC#N)NCCCC1CCCC1. The number of hydrogen-bond donors (Lipinski definition) is 1. The fraction of sp³-hybridized carbons (Fsp3) is 0.923. The monoisotopic (exact) mass is 208 g/mol. The van der Waals surface area contributed by atoms with Crippen LogP contribution in [0.25, 0.3) is 0 Å². The van der Waals surface area contributed by atoms with Gasteiger partial charge in [0.1, 0.15) is 0 Å². The Labute approximate surface area is 94.1 Å². The van der Waals surface area contributed by atoms with Crippen molar-refractivity contribution in [2.75, 3.05) is 6.54 Å². The molecule has 1 rings (SSSR count). The van der Waals surface area contributed by atoms with Crippen molar-refractivity contribution in [1.29, 1.82) is 5.26 Å². The first-order chi connectivity index (χ1) is 7.36. The van der Waals surface area contributed by atoms with E-state index < -0.39 is 0 Å². The van der Waals surface area contributed by atoms with Crippen LogP contribution < -0.4 is 5.32 Å². The fourth-order valence-corrected chi connectivity index (χ4v) is 2.47. The maximum atomic E-state index is 8.61. The van der Waals surface area contributed by atoms with Gasteiger partial charge in [-0.1, -0.05) is 32.6 Å². The van der Waals surface area contributed by atoms with E-state index in [1.165, 1.54) is 38.5 Å². The second-order valence-corrected chi connectivity index (χ2v) is 4.71. The van der Waals surface area contributed by atoms with E-state index in [1.54, 1.807) is 0 Å². The zero-order chi connectivity index (χ0) is 10.9. The minimum Gasteiger partial charge on any atom is -0.313 e. The van der Waals surface area contributed by atoms with Crippen molar-refractivity contribution >= 4 is 0 Å². The molecule has 0 radical (unpaired) electrons. The molecule has 1 unspecified atom stereocenters. The van der Waals surface area contributed by atoms with Gasteiger partial charge in [0.25, 0.3) is 0 Å². The summed E-state index contributed by atoms with van der Waals surface area (Å²) in [6, 6.07) is 2.65. The van der Waals surface area contributed by atoms with Gasteiger partial charge in [-0.3, -0.25) is 0 Å². The van der Waals surface area contributed by atoms with Gasteiger partial charge in [-0.15, -0.1) is 0 Å². The maximum Gasteiger partial charge on any atom is 0.0638 e. The molecule has 0 saturated heterocycles. The highest BCUT2D eigenvalue weighted by Crippen LogP contribution is 2.28. The van der Waals surface area contributed by atoms with Crippen LogP contribution in [0.5, 0.6) is 0 Å². The fourth-order valence-electron chi connectivity index (χ4n) is 2.47. The minimum atomic E-state index is 0.415. The van der Waals surface area contributed by atoms with Gasteiger partial charge >= 0.3 is 0 Å². The van der Waals surface area contributed by atoms with Crippen LogP contribution in [-0.2, 0) is 0 Å². The summed E-state index contributed by atoms with van der Waals surface area (Å²) in [5, 5.41) is 12.1. The second kappa shape index (κ2) is 7.70. The summed E-state index contributed by atoms with van der Waals surface area (Å²) in [5.74, 6) is 1.00. The Morgan fingerprint density at radius 3 is 2.73 bits per heavy atom. The zero-order valence-corrected chi connectivity index (χ0v) is 9.97. The van der Waals surface area contributed by atoms with E-state index in [1.807, 2.05) is 0 Å². The summed E-state index contributed by atoms with van der Waals surface area (Å²) in [6.45, 7) is 3.24. The molecule has 86 valence electrons. The number of rotatable bonds is 7. The molecular formula is C13H24N2. The van der Waals surface area contributed by atoms with Crippen molar-refractivity contribution < 1.29 is 0 Å². The molecule has 0 aromatic heterocycles. The number of nitrogens with zero attached hydrogens (tertiary/aromatic N) is 1. The molecule has 0 aromatic carbocycles. The summed E-state index contributed by atoms with van der Waals surface area (Å²) in [7, 11) is 0. The summed E-state index contributed by atoms with van der Waals surface area (Å²) in [5.41, 5.74) is 0. The molecule has 1 aliphatic rings. The smallest absolute Gasteiger partial charge is 0.0638 e. The minimum absolute atomic E-state index is 0.415. The molecule has 0 spiro atoms. The molecule has 0 amide bonds. The van der Waals surface area contributed by atoms with Crippen LogP contribution in [0.4, 0.5) is 0 Å². The van der Waals surface area contributed by atoms with Gasteiger partial charge in [-0.25, -0.2) is 0 Å². The van der Waals surface area contributed by atoms with Crippen LogP contribution in [0.3, 0.4) is 0 Å². The molecule has 2 heteroatoms. The van der Waals surface area contributed by atoms with Gasteiger partial charge in [0.15, 0.2) is 0 Å². The van der Waals surface area contributed by atoms with Gasteiger partial charge in [0, 0.05) is 6.04 Å². The van der Waals surface area contributed by atoms with Crippen molar-refractivity contribution in [1.82, 2.24) is 5.32 Å². The van der Waals surface area contributed by atoms with E-state index in [4.69, 9.17) is 5.26 Å². The number of nitriles is 1. The Balaban J connectivity index is 1.97. The Hall–Kier alpha value is -0.550. The summed E-state index contributed by atoms with van der Waals surface area (Å²) < 4.78 is 0. The van der Waals surface area contributed by atoms with Crippen molar-refractivity contribution in [3.8, 4) is 6.07 Å². The van der Waals surface area contributed by atoms with Gasteiger partial charge in [-0.05, 0) is 31.7 Å². The highest BCUT2D eigenvalue weighted by Gasteiger charge is 2.14. The molecule has 0 heterocycles. The third-order valence-corrected chi connectivity index (χ3v) is 3.53. The van der Waals surface area contributed by atoms with Crippen LogP contribution in [0, 0.1) is 17.2 Å². The average Bonchev–Trinajstić information content (AvgIpc) is 2.75. The molecule has 1 aliphatic carbocycles. The highest BCUT2D eigenvalue weighted by molar-refractivity contribution is 4.79. The molecule has 0 bridgehead atoms. The Morgan fingerprint density at radius 1 is 1.40 bits per heavy atom. The van der Waals surface area contributed by atoms with Crippen LogP contribution >= 0.6 is 0 Å². The molecule has 1 N–H and O–H groups in total. The average molecular weight is 208 g/mol. The van der Waals surface area contributed by atoms with Gasteiger partial charge in [0.2, 0.25) is 0 Å². The normalized spacial score (nSPS) is 18.9. The molecule has 1 fully saturated rings. The first-order valence-electron chi connectivity index (χ1n) is 6.47. The van der Waals surface area contributed by atoms with Crippen LogP contribution in [0.15, 0.2) is 0 Å². The van der Waals surface area contributed by atoms with E-state index >= 15 is 0 Å². The van der Waals surface area contributed by atoms with Crippen molar-refractivity contribution in [2.24, 2.45) is 5.92 Å². The van der Waals surface area contributed by atoms with Gasteiger partial charge in [0.05, 0.1) is 12.5 Å². The third-order valence-electron chi connectivity index (χ3n) is 3.53. The molecule has 0 aromatic rings. The lowest BCUT2D eigenvalue weighted by molar-refractivity contribution is 0.441. The van der Waals surface area contributed by atoms with E-state index in [-0.39, 0.29) is 0 Å². The largest absolute Gasteiger partial charge is 0.313 e. The van der Waals surface area contributed by atoms with E-state index in [2.05, 4.69) is 18.3 Å². The first-order valence-corrected chi connectivity index (χ1v) is 6.47. The highest BCUT2D eigenvalue weighted by atomic mass is 14.9. The molecule has 1 saturated carbocycles. The molecule has 2 nitrogen and oxygen atoms in total. The standard InChI is InChI=1S/C13H24N2/c1-2-13(9-10-14)15-11-5-8-12-6-3-4-7-12/h12-13,15H,2-9,11H2,1H3. The predicted octanol–water partition coefficient (Wildman–Crippen LogP) is 3.24. The van der Waals surface area contributed by atoms with E-state index in [0.29, 0.717) is 12.5 Å². The Bertz CT molecular complexity index is 189. The van der Waals surface area contributed by atoms with E-state index in [9.17, 15) is 0 Å². The lowest BCUT2D eigenvalue weighted by Gasteiger charge is -2.14. The lowest BCUT2D eigenvalue weighted by atomic mass is 10.0. The topological polar surface area (TPSA) is 35.8 Å². The van der Waals surface area contributed by atoms with Crippen LogP contribution in [0.1, 0.15) is 58.3 Å². The Morgan fingerprint density at radius 2 is 2.13 bits per heavy atom. The quantitative estimate of drug-likeness (QED) is 0.652. The van der Waals surface area contributed by atoms with Crippen LogP contribution in [-0.4, -0.2) is 12.6 Å². The maximum absolute atomic E-state index is 8.61. The third kappa shape index (κ3) is 5.18. The summed E-state index contributed by atoms with van der Waals surface area (Å²) >= 11 is 0. The summed E-state index contributed by atoms with van der Waals surface area (Å²) in [4.78, 5) is 0. The molecular weight excluding hydrogens is 184 g/mol. The van der Waals surface area contributed by atoms with Crippen molar-refractivity contribution in [2.45, 2.75) is 64.3 Å². The summed E-state index contributed by atoms with van der Waals surface area (Å²) in [6.07, 6.45) is 10.2. The Kier molecular flexibility index (Phi) is 6.43.